The Morgan fingerprint density at radius 2 is 2.00 bits per heavy atom. The first-order valence-electron chi connectivity index (χ1n) is 9.43. The molecular formula is C20H30N2O3. The Bertz CT molecular complexity index is 577. The lowest BCUT2D eigenvalue weighted by molar-refractivity contribution is -0.207. The Hall–Kier alpha value is -1.59. The molecule has 138 valence electrons. The molecule has 0 aromatic heterocycles. The summed E-state index contributed by atoms with van der Waals surface area (Å²) < 4.78 is 5.78. The number of nitrogens with one attached hydrogen (secondary N) is 1. The van der Waals surface area contributed by atoms with Crippen molar-refractivity contribution in [2.45, 2.75) is 51.7 Å². The smallest absolute Gasteiger partial charge is 0.317 e. The fraction of sp³-hybridized carbons (Fsp3) is 0.650. The highest BCUT2D eigenvalue weighted by Crippen LogP contribution is 2.50. The first-order chi connectivity index (χ1) is 12.0. The van der Waals surface area contributed by atoms with Crippen molar-refractivity contribution >= 4 is 6.03 Å². The summed E-state index contributed by atoms with van der Waals surface area (Å²) in [7, 11) is 0. The van der Waals surface area contributed by atoms with E-state index < -0.39 is 0 Å². The molecule has 1 aliphatic heterocycles. The van der Waals surface area contributed by atoms with Crippen molar-refractivity contribution in [1.29, 1.82) is 0 Å². The van der Waals surface area contributed by atoms with Gasteiger partial charge in [0.05, 0.1) is 12.2 Å². The van der Waals surface area contributed by atoms with Crippen molar-refractivity contribution in [2.75, 3.05) is 26.2 Å². The Morgan fingerprint density at radius 1 is 1.32 bits per heavy atom. The maximum Gasteiger partial charge on any atom is 0.317 e. The number of urea groups is 1. The molecule has 0 radical (unpaired) electrons. The molecule has 1 aliphatic carbocycles. The van der Waals surface area contributed by atoms with Crippen LogP contribution in [0, 0.1) is 12.3 Å². The highest BCUT2D eigenvalue weighted by Gasteiger charge is 2.56. The van der Waals surface area contributed by atoms with E-state index in [0.29, 0.717) is 26.2 Å². The molecule has 3 rings (SSSR count). The lowest BCUT2D eigenvalue weighted by Gasteiger charge is -2.56. The van der Waals surface area contributed by atoms with Gasteiger partial charge in [0.15, 0.2) is 0 Å². The largest absolute Gasteiger partial charge is 0.392 e. The molecule has 2 fully saturated rings. The third kappa shape index (κ3) is 3.82. The predicted octanol–water partition coefficient (Wildman–Crippen LogP) is 2.50. The van der Waals surface area contributed by atoms with E-state index in [-0.39, 0.29) is 23.7 Å². The topological polar surface area (TPSA) is 61.8 Å². The number of nitrogens with zero attached hydrogens (tertiary/aromatic N) is 1. The van der Waals surface area contributed by atoms with Gasteiger partial charge in [-0.1, -0.05) is 29.8 Å². The van der Waals surface area contributed by atoms with E-state index in [2.05, 4.69) is 36.5 Å². The van der Waals surface area contributed by atoms with Crippen LogP contribution in [0.1, 0.15) is 37.3 Å². The second-order valence-corrected chi connectivity index (χ2v) is 7.38. The zero-order valence-corrected chi connectivity index (χ0v) is 15.3. The van der Waals surface area contributed by atoms with Crippen LogP contribution < -0.4 is 5.32 Å². The molecule has 2 N–H and O–H groups in total. The SMILES string of the molecule is CCO[C@@H]1C[C@H](O)C12CCN(C(=O)NCCc1ccc(C)cc1)CC2. The van der Waals surface area contributed by atoms with Gasteiger partial charge >= 0.3 is 6.03 Å². The minimum absolute atomic E-state index is 0.00346. The molecule has 1 aromatic carbocycles. The van der Waals surface area contributed by atoms with Crippen molar-refractivity contribution in [3.8, 4) is 0 Å². The summed E-state index contributed by atoms with van der Waals surface area (Å²) in [5.41, 5.74) is 2.36. The average molecular weight is 346 g/mol. The number of likely N-dealkylation sites (tertiary alicyclic amines) is 1. The van der Waals surface area contributed by atoms with E-state index >= 15 is 0 Å². The average Bonchev–Trinajstić information content (AvgIpc) is 2.63. The fourth-order valence-electron chi connectivity index (χ4n) is 4.12. The number of aliphatic hydroxyl groups is 1. The molecule has 1 saturated carbocycles. The number of hydrogen-bond donors (Lipinski definition) is 2. The molecule has 0 bridgehead atoms. The van der Waals surface area contributed by atoms with E-state index in [1.807, 2.05) is 11.8 Å². The molecule has 2 amide bonds. The Kier molecular flexibility index (Phi) is 5.64. The van der Waals surface area contributed by atoms with E-state index in [4.69, 9.17) is 4.74 Å². The van der Waals surface area contributed by atoms with Gasteiger partial charge in [-0.15, -0.1) is 0 Å². The minimum atomic E-state index is -0.282. The number of piperidine rings is 1. The van der Waals surface area contributed by atoms with Gasteiger partial charge in [0.25, 0.3) is 0 Å². The van der Waals surface area contributed by atoms with Crippen LogP contribution in [0.4, 0.5) is 4.79 Å². The van der Waals surface area contributed by atoms with Gasteiger partial charge in [-0.2, -0.15) is 0 Å². The summed E-state index contributed by atoms with van der Waals surface area (Å²) in [6.45, 7) is 6.78. The van der Waals surface area contributed by atoms with Crippen molar-refractivity contribution in [3.63, 3.8) is 0 Å². The Labute approximate surface area is 150 Å². The van der Waals surface area contributed by atoms with Gasteiger partial charge in [0, 0.05) is 38.1 Å². The molecule has 1 heterocycles. The first-order valence-corrected chi connectivity index (χ1v) is 9.43. The maximum absolute atomic E-state index is 12.4. The Morgan fingerprint density at radius 3 is 2.60 bits per heavy atom. The Balaban J connectivity index is 1.43. The van der Waals surface area contributed by atoms with Crippen LogP contribution in [-0.4, -0.2) is 54.5 Å². The fourth-order valence-corrected chi connectivity index (χ4v) is 4.12. The first kappa shape index (κ1) is 18.2. The number of carbonyl (C=O) groups is 1. The number of aliphatic hydroxyl groups excluding tert-OH is 1. The van der Waals surface area contributed by atoms with Crippen molar-refractivity contribution in [1.82, 2.24) is 10.2 Å². The molecule has 2 aliphatic rings. The summed E-state index contributed by atoms with van der Waals surface area (Å²) >= 11 is 0. The molecule has 5 heteroatoms. The van der Waals surface area contributed by atoms with Crippen LogP contribution in [0.15, 0.2) is 24.3 Å². The summed E-state index contributed by atoms with van der Waals surface area (Å²) in [4.78, 5) is 14.2. The van der Waals surface area contributed by atoms with Gasteiger partial charge in [0.2, 0.25) is 0 Å². The van der Waals surface area contributed by atoms with Crippen molar-refractivity contribution in [3.05, 3.63) is 35.4 Å². The highest BCUT2D eigenvalue weighted by atomic mass is 16.5. The minimum Gasteiger partial charge on any atom is -0.392 e. The van der Waals surface area contributed by atoms with E-state index in [1.54, 1.807) is 0 Å². The summed E-state index contributed by atoms with van der Waals surface area (Å²) in [6.07, 6.45) is 3.09. The number of ether oxygens (including phenoxy) is 1. The standard InChI is InChI=1S/C20H30N2O3/c1-3-25-18-14-17(23)20(18)9-12-22(13-10-20)19(24)21-11-8-16-6-4-15(2)5-7-16/h4-7,17-18,23H,3,8-14H2,1-2H3,(H,21,24)/t17-,18+/m0/s1. The van der Waals surface area contributed by atoms with Gasteiger partial charge < -0.3 is 20.1 Å². The predicted molar refractivity (Wildman–Crippen MR) is 97.6 cm³/mol. The number of amides is 2. The van der Waals surface area contributed by atoms with Crippen molar-refractivity contribution < 1.29 is 14.6 Å². The molecular weight excluding hydrogens is 316 g/mol. The van der Waals surface area contributed by atoms with Crippen LogP contribution >= 0.6 is 0 Å². The molecule has 25 heavy (non-hydrogen) atoms. The number of hydrogen-bond acceptors (Lipinski definition) is 3. The van der Waals surface area contributed by atoms with E-state index in [0.717, 1.165) is 25.7 Å². The summed E-state index contributed by atoms with van der Waals surface area (Å²) in [6, 6.07) is 8.42. The number of rotatable bonds is 5. The second-order valence-electron chi connectivity index (χ2n) is 7.38. The third-order valence-corrected chi connectivity index (χ3v) is 5.90. The molecule has 1 saturated heterocycles. The van der Waals surface area contributed by atoms with E-state index in [1.165, 1.54) is 11.1 Å². The number of benzene rings is 1. The zero-order valence-electron chi connectivity index (χ0n) is 15.3. The molecule has 1 spiro atoms. The van der Waals surface area contributed by atoms with Crippen LogP contribution in [0.5, 0.6) is 0 Å². The quantitative estimate of drug-likeness (QED) is 0.861. The van der Waals surface area contributed by atoms with Crippen molar-refractivity contribution in [2.24, 2.45) is 5.41 Å². The monoisotopic (exact) mass is 346 g/mol. The maximum atomic E-state index is 12.4. The third-order valence-electron chi connectivity index (χ3n) is 5.90. The molecule has 5 nitrogen and oxygen atoms in total. The number of aryl methyl sites for hydroxylation is 1. The van der Waals surface area contributed by atoms with Crippen LogP contribution in [0.3, 0.4) is 0 Å². The van der Waals surface area contributed by atoms with Crippen LogP contribution in [-0.2, 0) is 11.2 Å². The molecule has 1 aromatic rings. The van der Waals surface area contributed by atoms with Gasteiger partial charge in [-0.25, -0.2) is 4.79 Å². The highest BCUT2D eigenvalue weighted by molar-refractivity contribution is 5.74. The second kappa shape index (κ2) is 7.75. The summed E-state index contributed by atoms with van der Waals surface area (Å²) in [5.74, 6) is 0. The zero-order chi connectivity index (χ0) is 17.9. The van der Waals surface area contributed by atoms with Gasteiger partial charge in [0.1, 0.15) is 0 Å². The molecule has 0 unspecified atom stereocenters. The van der Waals surface area contributed by atoms with Gasteiger partial charge in [-0.05, 0) is 38.7 Å². The van der Waals surface area contributed by atoms with Gasteiger partial charge in [-0.3, -0.25) is 0 Å². The lowest BCUT2D eigenvalue weighted by atomic mass is 9.58. The summed E-state index contributed by atoms with van der Waals surface area (Å²) in [5, 5.41) is 13.3. The van der Waals surface area contributed by atoms with Crippen LogP contribution in [0.25, 0.3) is 0 Å². The van der Waals surface area contributed by atoms with E-state index in [9.17, 15) is 9.90 Å². The molecule has 2 atom stereocenters. The number of carbonyl (C=O) groups excluding carboxylic acids is 1. The van der Waals surface area contributed by atoms with Crippen LogP contribution in [0.2, 0.25) is 0 Å². The normalized spacial score (nSPS) is 24.8. The lowest BCUT2D eigenvalue weighted by Crippen LogP contribution is -2.63.